The second kappa shape index (κ2) is 4.48. The average molecular weight is 218 g/mol. The van der Waals surface area contributed by atoms with Crippen LogP contribution in [0.1, 0.15) is 13.3 Å². The topological polar surface area (TPSA) is 76.2 Å². The normalized spacial score (nSPS) is 12.7. The first-order valence-corrected chi connectivity index (χ1v) is 5.44. The molecule has 0 fully saturated rings. The quantitative estimate of drug-likeness (QED) is 0.752. The second-order valence-corrected chi connectivity index (χ2v) is 4.89. The van der Waals surface area contributed by atoms with Crippen LogP contribution >= 0.6 is 23.1 Å². The maximum absolute atomic E-state index is 10.7. The molecular formula is C7H10N2O2S2. The van der Waals surface area contributed by atoms with E-state index in [1.807, 2.05) is 6.92 Å². The summed E-state index contributed by atoms with van der Waals surface area (Å²) in [5.41, 5.74) is 5.47. The largest absolute Gasteiger partial charge is 0.480 e. The zero-order chi connectivity index (χ0) is 9.84. The third kappa shape index (κ3) is 2.89. The zero-order valence-electron chi connectivity index (χ0n) is 7.06. The van der Waals surface area contributed by atoms with Gasteiger partial charge in [0.05, 0.1) is 6.20 Å². The van der Waals surface area contributed by atoms with Crippen LogP contribution in [0.15, 0.2) is 10.5 Å². The molecule has 0 radical (unpaired) electrons. The monoisotopic (exact) mass is 218 g/mol. The fourth-order valence-electron chi connectivity index (χ4n) is 0.754. The standard InChI is InChI=1S/C7H10N2O2S2/c1-2-4(6(10)11)12-7-9-3-5(8)13-7/h3-4H,2,8H2,1H3,(H,10,11). The first-order valence-electron chi connectivity index (χ1n) is 3.74. The average Bonchev–Trinajstić information content (AvgIpc) is 2.46. The summed E-state index contributed by atoms with van der Waals surface area (Å²) in [6.45, 7) is 1.84. The van der Waals surface area contributed by atoms with Crippen molar-refractivity contribution < 1.29 is 9.90 Å². The van der Waals surface area contributed by atoms with Crippen molar-refractivity contribution in [2.75, 3.05) is 5.73 Å². The number of carboxylic acids is 1. The molecule has 3 N–H and O–H groups in total. The summed E-state index contributed by atoms with van der Waals surface area (Å²) < 4.78 is 0.715. The van der Waals surface area contributed by atoms with Gasteiger partial charge in [-0.05, 0) is 6.42 Å². The van der Waals surface area contributed by atoms with Crippen LogP contribution in [0, 0.1) is 0 Å². The number of hydrogen-bond acceptors (Lipinski definition) is 5. The van der Waals surface area contributed by atoms with Gasteiger partial charge in [-0.3, -0.25) is 4.79 Å². The van der Waals surface area contributed by atoms with E-state index in [2.05, 4.69) is 4.98 Å². The van der Waals surface area contributed by atoms with Crippen molar-refractivity contribution in [2.24, 2.45) is 0 Å². The van der Waals surface area contributed by atoms with E-state index in [1.54, 1.807) is 6.20 Å². The van der Waals surface area contributed by atoms with Crippen LogP contribution in [0.2, 0.25) is 0 Å². The van der Waals surface area contributed by atoms with Crippen LogP contribution in [-0.2, 0) is 4.79 Å². The Hall–Kier alpha value is -0.750. The van der Waals surface area contributed by atoms with E-state index in [4.69, 9.17) is 10.8 Å². The first kappa shape index (κ1) is 10.3. The second-order valence-electron chi connectivity index (χ2n) is 2.38. The molecule has 1 aromatic heterocycles. The molecular weight excluding hydrogens is 208 g/mol. The maximum atomic E-state index is 10.7. The lowest BCUT2D eigenvalue weighted by Crippen LogP contribution is -2.14. The fraction of sp³-hybridized carbons (Fsp3) is 0.429. The number of anilines is 1. The summed E-state index contributed by atoms with van der Waals surface area (Å²) in [4.78, 5) is 14.6. The Kier molecular flexibility index (Phi) is 3.56. The number of carbonyl (C=O) groups is 1. The minimum atomic E-state index is -0.804. The number of hydrogen-bond donors (Lipinski definition) is 2. The van der Waals surface area contributed by atoms with Gasteiger partial charge in [0.15, 0.2) is 4.34 Å². The molecule has 0 aliphatic rings. The highest BCUT2D eigenvalue weighted by Crippen LogP contribution is 2.30. The molecule has 0 saturated carbocycles. The van der Waals surface area contributed by atoms with Gasteiger partial charge in [0.2, 0.25) is 0 Å². The zero-order valence-corrected chi connectivity index (χ0v) is 8.69. The number of thiazole rings is 1. The van der Waals surface area contributed by atoms with Crippen LogP contribution in [0.5, 0.6) is 0 Å². The predicted octanol–water partition coefficient (Wildman–Crippen LogP) is 1.68. The lowest BCUT2D eigenvalue weighted by Gasteiger charge is -2.05. The van der Waals surface area contributed by atoms with Crippen molar-refractivity contribution in [1.82, 2.24) is 4.98 Å². The maximum Gasteiger partial charge on any atom is 0.317 e. The molecule has 1 aromatic rings. The summed E-state index contributed by atoms with van der Waals surface area (Å²) in [6.07, 6.45) is 2.13. The summed E-state index contributed by atoms with van der Waals surface area (Å²) in [5.74, 6) is -0.804. The van der Waals surface area contributed by atoms with E-state index in [-0.39, 0.29) is 0 Å². The Morgan fingerprint density at radius 3 is 3.00 bits per heavy atom. The molecule has 72 valence electrons. The third-order valence-corrected chi connectivity index (χ3v) is 3.68. The minimum Gasteiger partial charge on any atom is -0.480 e. The summed E-state index contributed by atoms with van der Waals surface area (Å²) in [7, 11) is 0. The number of nitrogens with zero attached hydrogens (tertiary/aromatic N) is 1. The number of aliphatic carboxylic acids is 1. The van der Waals surface area contributed by atoms with Gasteiger partial charge in [0.1, 0.15) is 10.3 Å². The van der Waals surface area contributed by atoms with E-state index < -0.39 is 11.2 Å². The lowest BCUT2D eigenvalue weighted by molar-refractivity contribution is -0.136. The Labute approximate surface area is 84.2 Å². The summed E-state index contributed by atoms with van der Waals surface area (Å²) in [5, 5.41) is 8.95. The molecule has 0 aromatic carbocycles. The molecule has 0 spiro atoms. The van der Waals surface area contributed by atoms with Gasteiger partial charge < -0.3 is 10.8 Å². The SMILES string of the molecule is CCC(Sc1ncc(N)s1)C(=O)O. The third-order valence-electron chi connectivity index (χ3n) is 1.39. The van der Waals surface area contributed by atoms with E-state index in [1.165, 1.54) is 23.1 Å². The van der Waals surface area contributed by atoms with Gasteiger partial charge in [-0.15, -0.1) is 0 Å². The summed E-state index contributed by atoms with van der Waals surface area (Å²) >= 11 is 2.56. The predicted molar refractivity (Wildman–Crippen MR) is 54.1 cm³/mol. The van der Waals surface area contributed by atoms with Crippen molar-refractivity contribution in [3.8, 4) is 0 Å². The highest BCUT2D eigenvalue weighted by atomic mass is 32.2. The van der Waals surface area contributed by atoms with Crippen LogP contribution in [0.3, 0.4) is 0 Å². The highest BCUT2D eigenvalue weighted by Gasteiger charge is 2.17. The van der Waals surface area contributed by atoms with Crippen molar-refractivity contribution in [3.05, 3.63) is 6.20 Å². The number of carboxylic acid groups (broad SMARTS) is 1. The van der Waals surface area contributed by atoms with Crippen LogP contribution in [-0.4, -0.2) is 21.3 Å². The molecule has 4 nitrogen and oxygen atoms in total. The first-order chi connectivity index (χ1) is 6.13. The van der Waals surface area contributed by atoms with Crippen molar-refractivity contribution in [3.63, 3.8) is 0 Å². The molecule has 6 heteroatoms. The summed E-state index contributed by atoms with van der Waals surface area (Å²) in [6, 6.07) is 0. The van der Waals surface area contributed by atoms with Crippen LogP contribution in [0.4, 0.5) is 5.00 Å². The van der Waals surface area contributed by atoms with Gasteiger partial charge in [0.25, 0.3) is 0 Å². The van der Waals surface area contributed by atoms with E-state index in [0.29, 0.717) is 15.8 Å². The number of aromatic nitrogens is 1. The van der Waals surface area contributed by atoms with Gasteiger partial charge in [0, 0.05) is 0 Å². The number of nitrogen functional groups attached to an aromatic ring is 1. The smallest absolute Gasteiger partial charge is 0.317 e. The Morgan fingerprint density at radius 1 is 1.92 bits per heavy atom. The highest BCUT2D eigenvalue weighted by molar-refractivity contribution is 8.02. The van der Waals surface area contributed by atoms with E-state index in [0.717, 1.165) is 0 Å². The lowest BCUT2D eigenvalue weighted by atomic mass is 10.3. The molecule has 0 bridgehead atoms. The molecule has 1 unspecified atom stereocenters. The van der Waals surface area contributed by atoms with Gasteiger partial charge in [-0.2, -0.15) is 0 Å². The van der Waals surface area contributed by atoms with Crippen molar-refractivity contribution in [2.45, 2.75) is 22.9 Å². The molecule has 0 amide bonds. The Morgan fingerprint density at radius 2 is 2.62 bits per heavy atom. The Bertz CT molecular complexity index is 300. The van der Waals surface area contributed by atoms with Crippen LogP contribution in [0.25, 0.3) is 0 Å². The van der Waals surface area contributed by atoms with E-state index in [9.17, 15) is 4.79 Å². The number of thioether (sulfide) groups is 1. The Balaban J connectivity index is 2.61. The van der Waals surface area contributed by atoms with Gasteiger partial charge >= 0.3 is 5.97 Å². The molecule has 1 atom stereocenters. The molecule has 0 saturated heterocycles. The van der Waals surface area contributed by atoms with Gasteiger partial charge in [-0.1, -0.05) is 30.0 Å². The molecule has 13 heavy (non-hydrogen) atoms. The van der Waals surface area contributed by atoms with Gasteiger partial charge in [-0.25, -0.2) is 4.98 Å². The van der Waals surface area contributed by atoms with Crippen molar-refractivity contribution >= 4 is 34.1 Å². The molecule has 0 aliphatic carbocycles. The number of rotatable bonds is 4. The molecule has 1 rings (SSSR count). The molecule has 0 aliphatic heterocycles. The van der Waals surface area contributed by atoms with Crippen LogP contribution < -0.4 is 5.73 Å². The number of nitrogens with two attached hydrogens (primary N) is 1. The fourth-order valence-corrected chi connectivity index (χ4v) is 2.62. The minimum absolute atomic E-state index is 0.425. The van der Waals surface area contributed by atoms with Crippen molar-refractivity contribution in [1.29, 1.82) is 0 Å². The molecule has 1 heterocycles. The van der Waals surface area contributed by atoms with E-state index >= 15 is 0 Å².